The maximum absolute atomic E-state index is 10.0. The van der Waals surface area contributed by atoms with Crippen molar-refractivity contribution in [3.8, 4) is 34.5 Å². The monoisotopic (exact) mass is 332 g/mol. The molecule has 0 aromatic heterocycles. The van der Waals surface area contributed by atoms with Gasteiger partial charge in [-0.1, -0.05) is 12.2 Å². The van der Waals surface area contributed by atoms with Gasteiger partial charge >= 0.3 is 0 Å². The number of ether oxygens (including phenoxy) is 4. The van der Waals surface area contributed by atoms with E-state index >= 15 is 0 Å². The quantitative estimate of drug-likeness (QED) is 0.624. The molecule has 0 unspecified atom stereocenters. The molecular formula is C18H20O6. The lowest BCUT2D eigenvalue weighted by Gasteiger charge is -2.13. The average Bonchev–Trinajstić information content (AvgIpc) is 2.61. The fraction of sp³-hybridized carbons (Fsp3) is 0.222. The second kappa shape index (κ2) is 7.50. The van der Waals surface area contributed by atoms with Gasteiger partial charge < -0.3 is 29.2 Å². The van der Waals surface area contributed by atoms with E-state index < -0.39 is 0 Å². The highest BCUT2D eigenvalue weighted by atomic mass is 16.5. The fourth-order valence-electron chi connectivity index (χ4n) is 2.26. The molecule has 2 aromatic carbocycles. The van der Waals surface area contributed by atoms with Crippen LogP contribution in [0.3, 0.4) is 0 Å². The summed E-state index contributed by atoms with van der Waals surface area (Å²) in [5, 5.41) is 19.9. The van der Waals surface area contributed by atoms with Crippen LogP contribution < -0.4 is 18.9 Å². The lowest BCUT2D eigenvalue weighted by Crippen LogP contribution is -1.95. The Kier molecular flexibility index (Phi) is 5.42. The van der Waals surface area contributed by atoms with Crippen molar-refractivity contribution in [3.63, 3.8) is 0 Å². The summed E-state index contributed by atoms with van der Waals surface area (Å²) in [6, 6.07) is 6.77. The Morgan fingerprint density at radius 1 is 0.708 bits per heavy atom. The van der Waals surface area contributed by atoms with Gasteiger partial charge in [0, 0.05) is 5.56 Å². The van der Waals surface area contributed by atoms with Crippen molar-refractivity contribution in [3.05, 3.63) is 35.4 Å². The highest BCUT2D eigenvalue weighted by Gasteiger charge is 2.13. The summed E-state index contributed by atoms with van der Waals surface area (Å²) in [4.78, 5) is 0. The van der Waals surface area contributed by atoms with Crippen LogP contribution in [-0.4, -0.2) is 38.7 Å². The van der Waals surface area contributed by atoms with Crippen LogP contribution in [0.15, 0.2) is 24.3 Å². The van der Waals surface area contributed by atoms with Gasteiger partial charge in [0.1, 0.15) is 0 Å². The van der Waals surface area contributed by atoms with E-state index in [4.69, 9.17) is 18.9 Å². The van der Waals surface area contributed by atoms with Crippen LogP contribution >= 0.6 is 0 Å². The zero-order chi connectivity index (χ0) is 17.7. The Morgan fingerprint density at radius 2 is 1.29 bits per heavy atom. The second-order valence-corrected chi connectivity index (χ2v) is 4.85. The Morgan fingerprint density at radius 3 is 1.79 bits per heavy atom. The molecule has 0 atom stereocenters. The largest absolute Gasteiger partial charge is 0.504 e. The van der Waals surface area contributed by atoms with E-state index in [0.29, 0.717) is 22.8 Å². The molecule has 0 heterocycles. The van der Waals surface area contributed by atoms with Crippen LogP contribution in [0, 0.1) is 0 Å². The predicted octanol–water partition coefficient (Wildman–Crippen LogP) is 3.30. The van der Waals surface area contributed by atoms with E-state index in [1.54, 1.807) is 36.4 Å². The first-order chi connectivity index (χ1) is 11.5. The maximum atomic E-state index is 10.0. The highest BCUT2D eigenvalue weighted by Crippen LogP contribution is 2.40. The van der Waals surface area contributed by atoms with Crippen molar-refractivity contribution in [2.24, 2.45) is 0 Å². The first kappa shape index (κ1) is 17.3. The number of methoxy groups -OCH3 is 4. The van der Waals surface area contributed by atoms with Gasteiger partial charge in [0.05, 0.1) is 28.4 Å². The van der Waals surface area contributed by atoms with Gasteiger partial charge in [-0.2, -0.15) is 0 Å². The molecule has 0 fully saturated rings. The van der Waals surface area contributed by atoms with E-state index in [1.807, 2.05) is 0 Å². The number of phenols is 2. The summed E-state index contributed by atoms with van der Waals surface area (Å²) in [7, 11) is 6.03. The molecule has 0 amide bonds. The van der Waals surface area contributed by atoms with E-state index in [1.165, 1.54) is 28.4 Å². The van der Waals surface area contributed by atoms with Gasteiger partial charge in [-0.05, 0) is 29.8 Å². The van der Waals surface area contributed by atoms with Gasteiger partial charge in [0.2, 0.25) is 11.5 Å². The van der Waals surface area contributed by atoms with Crippen molar-refractivity contribution in [1.29, 1.82) is 0 Å². The molecule has 0 aliphatic rings. The highest BCUT2D eigenvalue weighted by molar-refractivity contribution is 5.76. The van der Waals surface area contributed by atoms with E-state index in [-0.39, 0.29) is 17.2 Å². The number of aromatic hydroxyl groups is 2. The minimum Gasteiger partial charge on any atom is -0.504 e. The molecule has 2 aromatic rings. The molecule has 0 radical (unpaired) electrons. The van der Waals surface area contributed by atoms with Crippen molar-refractivity contribution in [2.45, 2.75) is 0 Å². The van der Waals surface area contributed by atoms with Gasteiger partial charge in [-0.15, -0.1) is 0 Å². The van der Waals surface area contributed by atoms with E-state index in [9.17, 15) is 10.2 Å². The maximum Gasteiger partial charge on any atom is 0.203 e. The molecule has 0 aliphatic carbocycles. The second-order valence-electron chi connectivity index (χ2n) is 4.85. The molecule has 0 spiro atoms. The molecule has 0 aliphatic heterocycles. The van der Waals surface area contributed by atoms with Crippen molar-refractivity contribution in [1.82, 2.24) is 0 Å². The number of hydrogen-bond donors (Lipinski definition) is 2. The minimum absolute atomic E-state index is 0.206. The third-order valence-corrected chi connectivity index (χ3v) is 3.51. The predicted molar refractivity (Wildman–Crippen MR) is 91.3 cm³/mol. The summed E-state index contributed by atoms with van der Waals surface area (Å²) >= 11 is 0. The van der Waals surface area contributed by atoms with Crippen LogP contribution in [0.25, 0.3) is 12.2 Å². The standard InChI is InChI=1S/C18H20O6/c1-21-13-8-7-12(16(19)17(13)20)6-5-11-9-14(22-2)18(24-4)15(10-11)23-3/h5-10,19-20H,1-4H3. The molecule has 0 bridgehead atoms. The van der Waals surface area contributed by atoms with Gasteiger partial charge in [0.25, 0.3) is 0 Å². The molecule has 2 N–H and O–H groups in total. The SMILES string of the molecule is COc1ccc(C=Cc2cc(OC)c(OC)c(OC)c2)c(O)c1O. The zero-order valence-electron chi connectivity index (χ0n) is 14.0. The molecule has 128 valence electrons. The first-order valence-corrected chi connectivity index (χ1v) is 7.12. The molecule has 0 saturated heterocycles. The summed E-state index contributed by atoms with van der Waals surface area (Å²) in [6.07, 6.45) is 3.42. The third kappa shape index (κ3) is 3.32. The lowest BCUT2D eigenvalue weighted by atomic mass is 10.1. The minimum atomic E-state index is -0.301. The number of phenolic OH excluding ortho intramolecular Hbond substituents is 2. The van der Waals surface area contributed by atoms with Crippen LogP contribution in [-0.2, 0) is 0 Å². The molecule has 2 rings (SSSR count). The van der Waals surface area contributed by atoms with Crippen molar-refractivity contribution >= 4 is 12.2 Å². The Bertz CT molecular complexity index is 726. The summed E-state index contributed by atoms with van der Waals surface area (Å²) in [5.74, 6) is 1.21. The van der Waals surface area contributed by atoms with Crippen molar-refractivity contribution in [2.75, 3.05) is 28.4 Å². The van der Waals surface area contributed by atoms with Crippen molar-refractivity contribution < 1.29 is 29.2 Å². The molecule has 0 saturated carbocycles. The summed E-state index contributed by atoms with van der Waals surface area (Å²) in [6.45, 7) is 0. The normalized spacial score (nSPS) is 10.7. The molecular weight excluding hydrogens is 312 g/mol. The molecule has 24 heavy (non-hydrogen) atoms. The van der Waals surface area contributed by atoms with Gasteiger partial charge in [-0.3, -0.25) is 0 Å². The summed E-state index contributed by atoms with van der Waals surface area (Å²) < 4.78 is 20.8. The van der Waals surface area contributed by atoms with E-state index in [0.717, 1.165) is 5.56 Å². The van der Waals surface area contributed by atoms with Crippen LogP contribution in [0.4, 0.5) is 0 Å². The lowest BCUT2D eigenvalue weighted by molar-refractivity contribution is 0.324. The molecule has 6 heteroatoms. The zero-order valence-corrected chi connectivity index (χ0v) is 14.0. The smallest absolute Gasteiger partial charge is 0.203 e. The Labute approximate surface area is 140 Å². The van der Waals surface area contributed by atoms with E-state index in [2.05, 4.69) is 0 Å². The number of hydrogen-bond acceptors (Lipinski definition) is 6. The topological polar surface area (TPSA) is 77.4 Å². The Balaban J connectivity index is 2.41. The average molecular weight is 332 g/mol. The summed E-state index contributed by atoms with van der Waals surface area (Å²) in [5.41, 5.74) is 1.22. The van der Waals surface area contributed by atoms with Crippen LogP contribution in [0.5, 0.6) is 34.5 Å². The number of benzene rings is 2. The van der Waals surface area contributed by atoms with Gasteiger partial charge in [0.15, 0.2) is 23.0 Å². The first-order valence-electron chi connectivity index (χ1n) is 7.12. The molecule has 6 nitrogen and oxygen atoms in total. The fourth-order valence-corrected chi connectivity index (χ4v) is 2.26. The third-order valence-electron chi connectivity index (χ3n) is 3.51. The van der Waals surface area contributed by atoms with Crippen LogP contribution in [0.1, 0.15) is 11.1 Å². The van der Waals surface area contributed by atoms with Gasteiger partial charge in [-0.25, -0.2) is 0 Å². The Hall–Kier alpha value is -3.02. The number of rotatable bonds is 6. The van der Waals surface area contributed by atoms with Crippen LogP contribution in [0.2, 0.25) is 0 Å².